The molecule has 5 aromatic carbocycles. The van der Waals surface area contributed by atoms with Crippen LogP contribution in [-0.4, -0.2) is 15.6 Å². The van der Waals surface area contributed by atoms with Crippen molar-refractivity contribution in [3.8, 4) is 22.6 Å². The van der Waals surface area contributed by atoms with Crippen molar-refractivity contribution in [2.75, 3.05) is 0 Å². The molecule has 0 aliphatic heterocycles. The van der Waals surface area contributed by atoms with E-state index in [0.717, 1.165) is 50.2 Å². The average molecular weight is 540 g/mol. The zero-order valence-electron chi connectivity index (χ0n) is 22.4. The Balaban J connectivity index is 1.17. The molecule has 0 radical (unpaired) electrons. The zero-order chi connectivity index (χ0) is 28.0. The van der Waals surface area contributed by atoms with Crippen LogP contribution in [0.3, 0.4) is 0 Å². The maximum absolute atomic E-state index is 12.5. The third kappa shape index (κ3) is 5.85. The van der Waals surface area contributed by atoms with Crippen molar-refractivity contribution in [3.05, 3.63) is 156 Å². The molecule has 0 unspecified atom stereocenters. The second-order valence-electron chi connectivity index (χ2n) is 9.85. The Hall–Kier alpha value is -5.29. The number of rotatable bonds is 10. The van der Waals surface area contributed by atoms with Gasteiger partial charge in [0, 0.05) is 23.0 Å². The van der Waals surface area contributed by atoms with Crippen LogP contribution in [0.5, 0.6) is 11.5 Å². The Morgan fingerprint density at radius 2 is 1.24 bits per heavy atom. The fourth-order valence-electron chi connectivity index (χ4n) is 5.09. The highest BCUT2D eigenvalue weighted by molar-refractivity contribution is 6.08. The van der Waals surface area contributed by atoms with Gasteiger partial charge in [0.2, 0.25) is 0 Å². The molecule has 6 aromatic rings. The second-order valence-corrected chi connectivity index (χ2v) is 9.85. The molecule has 5 heteroatoms. The summed E-state index contributed by atoms with van der Waals surface area (Å²) in [7, 11) is 0. The lowest BCUT2D eigenvalue weighted by Crippen LogP contribution is -2.10. The maximum Gasteiger partial charge on any atom is 0.353 e. The molecule has 1 N–H and O–H groups in total. The number of hydrogen-bond donors (Lipinski definition) is 1. The Morgan fingerprint density at radius 3 is 2.00 bits per heavy atom. The van der Waals surface area contributed by atoms with Gasteiger partial charge in [-0.25, -0.2) is 4.79 Å². The van der Waals surface area contributed by atoms with Crippen LogP contribution in [0.25, 0.3) is 22.0 Å². The predicted molar refractivity (Wildman–Crippen MR) is 161 cm³/mol. The Kier molecular flexibility index (Phi) is 7.50. The van der Waals surface area contributed by atoms with Gasteiger partial charge in [-0.1, -0.05) is 103 Å². The molecule has 0 saturated carbocycles. The van der Waals surface area contributed by atoms with E-state index in [4.69, 9.17) is 9.47 Å². The first kappa shape index (κ1) is 26.0. The molecule has 0 saturated heterocycles. The molecule has 0 amide bonds. The summed E-state index contributed by atoms with van der Waals surface area (Å²) in [6.45, 7) is 1.35. The van der Waals surface area contributed by atoms with Crippen molar-refractivity contribution in [2.24, 2.45) is 0 Å². The molecule has 0 bridgehead atoms. The minimum absolute atomic E-state index is 0.284. The van der Waals surface area contributed by atoms with E-state index in [0.29, 0.717) is 19.8 Å². The lowest BCUT2D eigenvalue weighted by Gasteiger charge is -2.12. The SMILES string of the molecule is O=C(O)c1c(-c2ccccc2)c2ccccc2n1Cc1ccc(OCc2cccc(OCc3ccccc3)c2)cc1. The average Bonchev–Trinajstić information content (AvgIpc) is 3.35. The van der Waals surface area contributed by atoms with Crippen molar-refractivity contribution >= 4 is 16.9 Å². The monoisotopic (exact) mass is 539 g/mol. The molecule has 0 fully saturated rings. The summed E-state index contributed by atoms with van der Waals surface area (Å²) in [5.41, 5.74) is 5.91. The largest absolute Gasteiger partial charge is 0.489 e. The minimum atomic E-state index is -0.949. The summed E-state index contributed by atoms with van der Waals surface area (Å²) in [6.07, 6.45) is 0. The third-order valence-corrected chi connectivity index (χ3v) is 7.05. The molecular weight excluding hydrogens is 510 g/mol. The number of carboxylic acids is 1. The molecule has 0 spiro atoms. The molecule has 41 heavy (non-hydrogen) atoms. The summed E-state index contributed by atoms with van der Waals surface area (Å²) < 4.78 is 13.9. The molecule has 0 aliphatic rings. The summed E-state index contributed by atoms with van der Waals surface area (Å²) in [6, 6.07) is 43.4. The lowest BCUT2D eigenvalue weighted by atomic mass is 10.0. The van der Waals surface area contributed by atoms with Gasteiger partial charge in [0.05, 0.1) is 0 Å². The van der Waals surface area contributed by atoms with Crippen LogP contribution in [0.15, 0.2) is 133 Å². The van der Waals surface area contributed by atoms with Gasteiger partial charge >= 0.3 is 5.97 Å². The smallest absolute Gasteiger partial charge is 0.353 e. The number of fused-ring (bicyclic) bond motifs is 1. The standard InChI is InChI=1S/C36H29NO4/c38-36(39)35-34(29-13-5-2-6-14-29)32-16-7-8-17-33(32)37(35)23-26-18-20-30(21-19-26)40-25-28-12-9-15-31(22-28)41-24-27-10-3-1-4-11-27/h1-22H,23-25H2,(H,38,39). The van der Waals surface area contributed by atoms with Gasteiger partial charge in [-0.05, 0) is 52.6 Å². The lowest BCUT2D eigenvalue weighted by molar-refractivity contribution is 0.0687. The van der Waals surface area contributed by atoms with Crippen molar-refractivity contribution in [1.82, 2.24) is 4.57 Å². The fourth-order valence-corrected chi connectivity index (χ4v) is 5.09. The Bertz CT molecular complexity index is 1770. The first-order chi connectivity index (χ1) is 20.2. The highest BCUT2D eigenvalue weighted by Gasteiger charge is 2.23. The van der Waals surface area contributed by atoms with E-state index < -0.39 is 5.97 Å². The number of para-hydroxylation sites is 1. The summed E-state index contributed by atoms with van der Waals surface area (Å²) >= 11 is 0. The Morgan fingerprint density at radius 1 is 0.610 bits per heavy atom. The van der Waals surface area contributed by atoms with Crippen LogP contribution < -0.4 is 9.47 Å². The van der Waals surface area contributed by atoms with E-state index in [1.165, 1.54) is 0 Å². The number of carboxylic acid groups (broad SMARTS) is 1. The summed E-state index contributed by atoms with van der Waals surface area (Å²) in [5, 5.41) is 11.2. The molecule has 0 atom stereocenters. The van der Waals surface area contributed by atoms with Crippen LogP contribution in [0, 0.1) is 0 Å². The van der Waals surface area contributed by atoms with Gasteiger partial charge in [-0.15, -0.1) is 0 Å². The van der Waals surface area contributed by atoms with E-state index >= 15 is 0 Å². The van der Waals surface area contributed by atoms with Gasteiger partial charge in [-0.3, -0.25) is 0 Å². The van der Waals surface area contributed by atoms with E-state index in [9.17, 15) is 9.90 Å². The molecule has 202 valence electrons. The van der Waals surface area contributed by atoms with E-state index in [1.54, 1.807) is 0 Å². The van der Waals surface area contributed by atoms with Crippen LogP contribution in [-0.2, 0) is 19.8 Å². The van der Waals surface area contributed by atoms with Crippen molar-refractivity contribution in [2.45, 2.75) is 19.8 Å². The quantitative estimate of drug-likeness (QED) is 0.191. The number of carbonyl (C=O) groups is 1. The molecule has 6 rings (SSSR count). The summed E-state index contributed by atoms with van der Waals surface area (Å²) in [4.78, 5) is 12.5. The first-order valence-corrected chi connectivity index (χ1v) is 13.5. The van der Waals surface area contributed by atoms with Gasteiger partial charge in [0.15, 0.2) is 0 Å². The predicted octanol–water partition coefficient (Wildman–Crippen LogP) is 8.21. The number of benzene rings is 5. The van der Waals surface area contributed by atoms with Crippen LogP contribution >= 0.6 is 0 Å². The fraction of sp³-hybridized carbons (Fsp3) is 0.0833. The highest BCUT2D eigenvalue weighted by Crippen LogP contribution is 2.35. The minimum Gasteiger partial charge on any atom is -0.489 e. The second kappa shape index (κ2) is 11.8. The molecule has 1 aromatic heterocycles. The van der Waals surface area contributed by atoms with Gasteiger partial charge in [0.1, 0.15) is 30.4 Å². The van der Waals surface area contributed by atoms with Gasteiger partial charge in [0.25, 0.3) is 0 Å². The number of ether oxygens (including phenoxy) is 2. The number of aromatic nitrogens is 1. The van der Waals surface area contributed by atoms with Gasteiger partial charge < -0.3 is 19.1 Å². The number of nitrogens with zero attached hydrogens (tertiary/aromatic N) is 1. The highest BCUT2D eigenvalue weighted by atomic mass is 16.5. The van der Waals surface area contributed by atoms with E-state index in [1.807, 2.05) is 138 Å². The van der Waals surface area contributed by atoms with E-state index in [-0.39, 0.29) is 5.69 Å². The first-order valence-electron chi connectivity index (χ1n) is 13.5. The Labute approximate surface area is 238 Å². The van der Waals surface area contributed by atoms with Crippen LogP contribution in [0.1, 0.15) is 27.2 Å². The summed E-state index contributed by atoms with van der Waals surface area (Å²) in [5.74, 6) is 0.591. The van der Waals surface area contributed by atoms with Crippen molar-refractivity contribution in [1.29, 1.82) is 0 Å². The van der Waals surface area contributed by atoms with E-state index in [2.05, 4.69) is 0 Å². The molecule has 1 heterocycles. The van der Waals surface area contributed by atoms with Crippen LogP contribution in [0.2, 0.25) is 0 Å². The third-order valence-electron chi connectivity index (χ3n) is 7.05. The van der Waals surface area contributed by atoms with Crippen molar-refractivity contribution in [3.63, 3.8) is 0 Å². The maximum atomic E-state index is 12.5. The topological polar surface area (TPSA) is 60.7 Å². The van der Waals surface area contributed by atoms with Crippen molar-refractivity contribution < 1.29 is 19.4 Å². The van der Waals surface area contributed by atoms with Gasteiger partial charge in [-0.2, -0.15) is 0 Å². The normalized spacial score (nSPS) is 10.9. The molecule has 5 nitrogen and oxygen atoms in total. The molecule has 0 aliphatic carbocycles. The van der Waals surface area contributed by atoms with Crippen LogP contribution in [0.4, 0.5) is 0 Å². The number of hydrogen-bond acceptors (Lipinski definition) is 3. The number of aromatic carboxylic acids is 1. The molecular formula is C36H29NO4. The zero-order valence-corrected chi connectivity index (χ0v) is 22.4.